The summed E-state index contributed by atoms with van der Waals surface area (Å²) >= 11 is 1.59. The van der Waals surface area contributed by atoms with E-state index in [1.165, 1.54) is 11.6 Å². The molecule has 140 valence electrons. The van der Waals surface area contributed by atoms with Gasteiger partial charge >= 0.3 is 0 Å². The van der Waals surface area contributed by atoms with Crippen molar-refractivity contribution >= 4 is 17.7 Å². The van der Waals surface area contributed by atoms with Crippen LogP contribution in [0.5, 0.6) is 5.75 Å². The molecule has 2 aromatic rings. The fraction of sp³-hybridized carbons (Fsp3) is 0.381. The first-order valence-corrected chi connectivity index (χ1v) is 9.99. The molecule has 0 aliphatic heterocycles. The highest BCUT2D eigenvalue weighted by Gasteiger charge is 2.18. The standard InChI is InChI=1S/C21H26FNO2S/c1-4-19(25-20-10-9-15(2)13-16(20)3)21(24)23-11-12-26-14-17-7-5-6-8-18(17)22/h5-10,13,19H,4,11-12,14H2,1-3H3,(H,23,24)/t19-/m1/s1. The van der Waals surface area contributed by atoms with E-state index in [1.807, 2.05) is 45.0 Å². The predicted molar refractivity (Wildman–Crippen MR) is 106 cm³/mol. The van der Waals surface area contributed by atoms with E-state index in [9.17, 15) is 9.18 Å². The number of amides is 1. The van der Waals surface area contributed by atoms with E-state index >= 15 is 0 Å². The summed E-state index contributed by atoms with van der Waals surface area (Å²) in [6, 6.07) is 12.7. The molecule has 0 aliphatic carbocycles. The lowest BCUT2D eigenvalue weighted by Crippen LogP contribution is -2.39. The first-order valence-electron chi connectivity index (χ1n) is 8.84. The van der Waals surface area contributed by atoms with Gasteiger partial charge in [-0.15, -0.1) is 0 Å². The molecular weight excluding hydrogens is 349 g/mol. The Hall–Kier alpha value is -2.01. The molecule has 1 atom stereocenters. The van der Waals surface area contributed by atoms with Crippen molar-refractivity contribution in [1.29, 1.82) is 0 Å². The molecule has 0 spiro atoms. The van der Waals surface area contributed by atoms with Gasteiger partial charge in [-0.25, -0.2) is 4.39 Å². The smallest absolute Gasteiger partial charge is 0.261 e. The van der Waals surface area contributed by atoms with Gasteiger partial charge < -0.3 is 10.1 Å². The Labute approximate surface area is 159 Å². The predicted octanol–water partition coefficient (Wildman–Crippen LogP) is 4.65. The van der Waals surface area contributed by atoms with Crippen LogP contribution in [-0.2, 0) is 10.5 Å². The summed E-state index contributed by atoms with van der Waals surface area (Å²) in [5, 5.41) is 2.91. The van der Waals surface area contributed by atoms with Crippen LogP contribution in [0.2, 0.25) is 0 Å². The molecule has 2 rings (SSSR count). The van der Waals surface area contributed by atoms with Crippen molar-refractivity contribution in [1.82, 2.24) is 5.32 Å². The maximum absolute atomic E-state index is 13.5. The molecule has 0 aromatic heterocycles. The molecule has 0 radical (unpaired) electrons. The first kappa shape index (κ1) is 20.3. The summed E-state index contributed by atoms with van der Waals surface area (Å²) in [6.45, 7) is 6.47. The fourth-order valence-corrected chi connectivity index (χ4v) is 3.41. The first-order chi connectivity index (χ1) is 12.5. The van der Waals surface area contributed by atoms with Crippen molar-refractivity contribution < 1.29 is 13.9 Å². The van der Waals surface area contributed by atoms with E-state index in [0.717, 1.165) is 17.1 Å². The zero-order chi connectivity index (χ0) is 18.9. The van der Waals surface area contributed by atoms with Gasteiger partial charge in [-0.2, -0.15) is 11.8 Å². The molecule has 5 heteroatoms. The highest BCUT2D eigenvalue weighted by atomic mass is 32.2. The van der Waals surface area contributed by atoms with Gasteiger partial charge in [0, 0.05) is 18.1 Å². The normalized spacial score (nSPS) is 11.8. The van der Waals surface area contributed by atoms with Crippen LogP contribution in [0.3, 0.4) is 0 Å². The highest BCUT2D eigenvalue weighted by Crippen LogP contribution is 2.21. The Bertz CT molecular complexity index is 736. The van der Waals surface area contributed by atoms with Gasteiger partial charge in [0.1, 0.15) is 11.6 Å². The molecule has 0 fully saturated rings. The summed E-state index contributed by atoms with van der Waals surface area (Å²) in [5.41, 5.74) is 2.88. The van der Waals surface area contributed by atoms with Crippen molar-refractivity contribution in [2.45, 2.75) is 39.0 Å². The average molecular weight is 376 g/mol. The number of benzene rings is 2. The quantitative estimate of drug-likeness (QED) is 0.649. The molecule has 1 N–H and O–H groups in total. The molecular formula is C21H26FNO2S. The minimum atomic E-state index is -0.507. The Morgan fingerprint density at radius 3 is 2.69 bits per heavy atom. The van der Waals surface area contributed by atoms with Crippen LogP contribution in [0.1, 0.15) is 30.0 Å². The third kappa shape index (κ3) is 6.06. The van der Waals surface area contributed by atoms with Crippen molar-refractivity contribution in [3.63, 3.8) is 0 Å². The Kier molecular flexibility index (Phi) is 7.98. The topological polar surface area (TPSA) is 38.3 Å². The van der Waals surface area contributed by atoms with Gasteiger partial charge in [-0.3, -0.25) is 4.79 Å². The molecule has 2 aromatic carbocycles. The van der Waals surface area contributed by atoms with E-state index in [1.54, 1.807) is 23.9 Å². The second kappa shape index (κ2) is 10.2. The van der Waals surface area contributed by atoms with Crippen LogP contribution in [0.4, 0.5) is 4.39 Å². The van der Waals surface area contributed by atoms with Gasteiger partial charge in [-0.05, 0) is 43.5 Å². The molecule has 0 unspecified atom stereocenters. The maximum Gasteiger partial charge on any atom is 0.261 e. The van der Waals surface area contributed by atoms with E-state index in [4.69, 9.17) is 4.74 Å². The van der Waals surface area contributed by atoms with Gasteiger partial charge in [0.15, 0.2) is 6.10 Å². The third-order valence-electron chi connectivity index (χ3n) is 4.02. The second-order valence-electron chi connectivity index (χ2n) is 6.22. The molecule has 26 heavy (non-hydrogen) atoms. The molecule has 1 amide bonds. The molecule has 0 heterocycles. The molecule has 0 saturated carbocycles. The number of thioether (sulfide) groups is 1. The van der Waals surface area contributed by atoms with Gasteiger partial charge in [0.2, 0.25) is 0 Å². The van der Waals surface area contributed by atoms with E-state index < -0.39 is 6.10 Å². The SMILES string of the molecule is CC[C@@H](Oc1ccc(C)cc1C)C(=O)NCCSCc1ccccc1F. The van der Waals surface area contributed by atoms with Gasteiger partial charge in [-0.1, -0.05) is 42.8 Å². The number of aryl methyl sites for hydroxylation is 2. The largest absolute Gasteiger partial charge is 0.480 e. The zero-order valence-corrected chi connectivity index (χ0v) is 16.4. The van der Waals surface area contributed by atoms with Crippen molar-refractivity contribution in [3.8, 4) is 5.75 Å². The third-order valence-corrected chi connectivity index (χ3v) is 5.03. The van der Waals surface area contributed by atoms with Crippen LogP contribution < -0.4 is 10.1 Å². The van der Waals surface area contributed by atoms with Crippen molar-refractivity contribution in [2.24, 2.45) is 0 Å². The lowest BCUT2D eigenvalue weighted by Gasteiger charge is -2.19. The Morgan fingerprint density at radius 1 is 1.23 bits per heavy atom. The number of hydrogen-bond donors (Lipinski definition) is 1. The summed E-state index contributed by atoms with van der Waals surface area (Å²) in [4.78, 5) is 12.3. The minimum absolute atomic E-state index is 0.112. The van der Waals surface area contributed by atoms with Crippen LogP contribution in [0.25, 0.3) is 0 Å². The Balaban J connectivity index is 1.75. The monoisotopic (exact) mass is 375 g/mol. The molecule has 0 bridgehead atoms. The number of carbonyl (C=O) groups excluding carboxylic acids is 1. The summed E-state index contributed by atoms with van der Waals surface area (Å²) in [7, 11) is 0. The van der Waals surface area contributed by atoms with Crippen LogP contribution in [0, 0.1) is 19.7 Å². The number of carbonyl (C=O) groups is 1. The number of hydrogen-bond acceptors (Lipinski definition) is 3. The van der Waals surface area contributed by atoms with Gasteiger partial charge in [0.05, 0.1) is 0 Å². The number of ether oxygens (including phenoxy) is 1. The maximum atomic E-state index is 13.5. The van der Waals surface area contributed by atoms with Gasteiger partial charge in [0.25, 0.3) is 5.91 Å². The Morgan fingerprint density at radius 2 is 2.00 bits per heavy atom. The zero-order valence-electron chi connectivity index (χ0n) is 15.5. The molecule has 0 aliphatic rings. The molecule has 0 saturated heterocycles. The number of halogens is 1. The minimum Gasteiger partial charge on any atom is -0.480 e. The number of nitrogens with one attached hydrogen (secondary N) is 1. The lowest BCUT2D eigenvalue weighted by molar-refractivity contribution is -0.128. The van der Waals surface area contributed by atoms with Crippen LogP contribution in [0.15, 0.2) is 42.5 Å². The summed E-state index contributed by atoms with van der Waals surface area (Å²) < 4.78 is 19.4. The lowest BCUT2D eigenvalue weighted by atomic mass is 10.1. The van der Waals surface area contributed by atoms with E-state index in [-0.39, 0.29) is 11.7 Å². The second-order valence-corrected chi connectivity index (χ2v) is 7.32. The van der Waals surface area contributed by atoms with Crippen LogP contribution in [-0.4, -0.2) is 24.3 Å². The highest BCUT2D eigenvalue weighted by molar-refractivity contribution is 7.98. The van der Waals surface area contributed by atoms with E-state index in [0.29, 0.717) is 24.3 Å². The average Bonchev–Trinajstić information content (AvgIpc) is 2.62. The fourth-order valence-electron chi connectivity index (χ4n) is 2.56. The summed E-state index contributed by atoms with van der Waals surface area (Å²) in [6.07, 6.45) is 0.0922. The van der Waals surface area contributed by atoms with E-state index in [2.05, 4.69) is 5.32 Å². The van der Waals surface area contributed by atoms with Crippen molar-refractivity contribution in [3.05, 3.63) is 65.0 Å². The van der Waals surface area contributed by atoms with Crippen LogP contribution >= 0.6 is 11.8 Å². The molecule has 3 nitrogen and oxygen atoms in total. The summed E-state index contributed by atoms with van der Waals surface area (Å²) in [5.74, 6) is 1.77. The number of rotatable bonds is 9. The van der Waals surface area contributed by atoms with Crippen molar-refractivity contribution in [2.75, 3.05) is 12.3 Å².